The summed E-state index contributed by atoms with van der Waals surface area (Å²) in [5, 5.41) is 9.85. The van der Waals surface area contributed by atoms with E-state index in [0.717, 1.165) is 122 Å². The van der Waals surface area contributed by atoms with E-state index >= 15 is 0 Å². The van der Waals surface area contributed by atoms with Gasteiger partial charge in [-0.1, -0.05) is 295 Å². The van der Waals surface area contributed by atoms with Gasteiger partial charge in [-0.15, -0.1) is 0 Å². The lowest BCUT2D eigenvalue weighted by Crippen LogP contribution is -2.23. The summed E-state index contributed by atoms with van der Waals surface area (Å²) in [6.45, 7) is 94.9. The Morgan fingerprint density at radius 2 is 0.700 bits per heavy atom. The maximum atomic E-state index is 12.2. The van der Waals surface area contributed by atoms with Crippen molar-refractivity contribution in [3.05, 3.63) is 263 Å². The molecule has 0 atom stereocenters. The molecule has 10 aromatic heterocycles. The van der Waals surface area contributed by atoms with Crippen molar-refractivity contribution in [2.24, 2.45) is 23.2 Å². The second-order valence-corrected chi connectivity index (χ2v) is 43.9. The van der Waals surface area contributed by atoms with Gasteiger partial charge in [0.05, 0.1) is 56.8 Å². The second-order valence-electron chi connectivity index (χ2n) is 43.9. The maximum Gasteiger partial charge on any atom is 0.263 e. The number of nitrogens with one attached hydrogen (secondary N) is 3. The Labute approximate surface area is 909 Å². The summed E-state index contributed by atoms with van der Waals surface area (Å²) in [6.07, 6.45) is 19.5. The fourth-order valence-corrected chi connectivity index (χ4v) is 12.9. The van der Waals surface area contributed by atoms with Crippen molar-refractivity contribution in [3.8, 4) is 29.4 Å². The number of ether oxygens (including phenoxy) is 5. The zero-order valence-electron chi connectivity index (χ0n) is 101. The Balaban J connectivity index is 0.000000826. The minimum absolute atomic E-state index is 0.112. The number of hydrogen-bond donors (Lipinski definition) is 3. The maximum absolute atomic E-state index is 12.2. The highest BCUT2D eigenvalue weighted by Crippen LogP contribution is 2.28. The molecule has 22 nitrogen and oxygen atoms in total. The molecule has 834 valence electrons. The Morgan fingerprint density at radius 1 is 0.313 bits per heavy atom. The minimum Gasteiger partial charge on any atom is -0.481 e. The largest absolute Gasteiger partial charge is 0.481 e. The van der Waals surface area contributed by atoms with Crippen molar-refractivity contribution in [2.45, 2.75) is 393 Å². The zero-order valence-corrected chi connectivity index (χ0v) is 101. The van der Waals surface area contributed by atoms with Crippen LogP contribution in [0.1, 0.15) is 442 Å². The number of aromatic nitrogens is 12. The molecule has 11 rings (SSSR count). The topological polar surface area (TPSA) is 243 Å². The summed E-state index contributed by atoms with van der Waals surface area (Å²) in [5.74, 6) is 15.7. The molecule has 0 unspecified atom stereocenters. The van der Waals surface area contributed by atoms with Crippen LogP contribution in [0.15, 0.2) is 195 Å². The average Bonchev–Trinajstić information content (AvgIpc) is 0.856. The number of alkyl halides is 2. The van der Waals surface area contributed by atoms with Crippen molar-refractivity contribution in [1.29, 1.82) is 0 Å². The molecule has 0 radical (unpaired) electrons. The van der Waals surface area contributed by atoms with Gasteiger partial charge in [0.1, 0.15) is 29.1 Å². The van der Waals surface area contributed by atoms with Gasteiger partial charge in [0, 0.05) is 130 Å². The molecule has 0 spiro atoms. The second kappa shape index (κ2) is 76.0. The Hall–Kier alpha value is -11.6. The summed E-state index contributed by atoms with van der Waals surface area (Å²) in [6, 6.07) is 44.5. The highest BCUT2D eigenvalue weighted by atomic mass is 19.3. The van der Waals surface area contributed by atoms with Gasteiger partial charge in [0.2, 0.25) is 29.4 Å². The highest BCUT2D eigenvalue weighted by molar-refractivity contribution is 5.42. The summed E-state index contributed by atoms with van der Waals surface area (Å²) >= 11 is 0. The number of nitrogens with zero attached hydrogens (tertiary/aromatic N) is 14. The van der Waals surface area contributed by atoms with Crippen LogP contribution in [0.5, 0.6) is 29.4 Å². The lowest BCUT2D eigenvalue weighted by molar-refractivity contribution is 0.151. The number of rotatable bonds is 39. The van der Waals surface area contributed by atoms with Crippen LogP contribution < -0.4 is 49.4 Å². The van der Waals surface area contributed by atoms with Crippen molar-refractivity contribution >= 4 is 29.1 Å². The summed E-state index contributed by atoms with van der Waals surface area (Å²) in [7, 11) is 1.62. The van der Waals surface area contributed by atoms with E-state index in [2.05, 4.69) is 422 Å². The summed E-state index contributed by atoms with van der Waals surface area (Å²) in [4.78, 5) is 56.5. The fraction of sp³-hybridized carbons (Fsp3) is 0.571. The molecule has 0 bridgehead atoms. The molecule has 0 aliphatic rings. The van der Waals surface area contributed by atoms with Gasteiger partial charge in [0.15, 0.2) is 0 Å². The molecule has 11 aromatic rings. The van der Waals surface area contributed by atoms with E-state index in [0.29, 0.717) is 132 Å². The summed E-state index contributed by atoms with van der Waals surface area (Å²) < 4.78 is 51.7. The number of pyridine rings is 8. The van der Waals surface area contributed by atoms with Crippen LogP contribution in [0, 0.1) is 23.2 Å². The molecule has 24 heteroatoms. The van der Waals surface area contributed by atoms with Gasteiger partial charge in [-0.3, -0.25) is 9.97 Å². The van der Waals surface area contributed by atoms with Crippen LogP contribution in [-0.2, 0) is 0 Å². The lowest BCUT2D eigenvalue weighted by Gasteiger charge is -2.20. The molecule has 0 fully saturated rings. The Kier molecular flexibility index (Phi) is 69.2. The van der Waals surface area contributed by atoms with E-state index in [1.165, 1.54) is 45.1 Å². The van der Waals surface area contributed by atoms with Crippen LogP contribution in [-0.4, -0.2) is 138 Å². The number of hydrogen-bond acceptors (Lipinski definition) is 22. The van der Waals surface area contributed by atoms with Crippen LogP contribution in [0.2, 0.25) is 0 Å². The van der Waals surface area contributed by atoms with E-state index in [1.807, 2.05) is 99.6 Å². The minimum atomic E-state index is -2.36. The highest BCUT2D eigenvalue weighted by Gasteiger charge is 2.17. The Bertz CT molecular complexity index is 5170. The SMILES string of the molecule is CC(C)CCOc1ccc(C(C)C)cn1.CC(C)CNc1ccc(C(C)C)cn1.CC(C)COc1cncc(C(C)C)n1.CC(C)Nc1ccc(C(C)C)cn1.CC(C)Nc1cccc(C(C)C)n1.CC(C)c1cccc(C(F)F)c1.CC(C)c1cncc(OCC(C)(C)C)n1.CCC(CC)Oc1ccc(C(C)C)cn1.CCN(CC)c1ccc(C(C)C)cn1.CCN(CC)c1cccc(C(C)C)n1.COc1ccc(C(C)C)cn1. The first-order valence-electron chi connectivity index (χ1n) is 55.3. The third kappa shape index (κ3) is 61.1. The number of methoxy groups -OCH3 is 1. The summed E-state index contributed by atoms with van der Waals surface area (Å²) in [5.41, 5.74) is 13.1. The van der Waals surface area contributed by atoms with Crippen LogP contribution in [0.25, 0.3) is 0 Å². The van der Waals surface area contributed by atoms with Crippen LogP contribution in [0.4, 0.5) is 37.9 Å². The first kappa shape index (κ1) is 136. The molecule has 0 saturated heterocycles. The molecule has 0 aliphatic heterocycles. The first-order valence-corrected chi connectivity index (χ1v) is 55.3. The number of benzene rings is 1. The van der Waals surface area contributed by atoms with E-state index < -0.39 is 6.43 Å². The third-order valence-corrected chi connectivity index (χ3v) is 22.9. The molecular weight excluding hydrogens is 1870 g/mol. The fourth-order valence-electron chi connectivity index (χ4n) is 12.9. The molecule has 1 aromatic carbocycles. The monoisotopic (exact) mass is 2070 g/mol. The van der Waals surface area contributed by atoms with Gasteiger partial charge < -0.3 is 49.4 Å². The van der Waals surface area contributed by atoms with E-state index in [1.54, 1.807) is 44.0 Å². The van der Waals surface area contributed by atoms with Crippen molar-refractivity contribution < 1.29 is 32.5 Å². The Morgan fingerprint density at radius 3 is 1.07 bits per heavy atom. The number of anilines is 5. The van der Waals surface area contributed by atoms with Gasteiger partial charge >= 0.3 is 0 Å². The first-order chi connectivity index (χ1) is 70.7. The molecule has 10 heterocycles. The van der Waals surface area contributed by atoms with Gasteiger partial charge in [-0.05, 0) is 250 Å². The third-order valence-electron chi connectivity index (χ3n) is 22.9. The molecule has 150 heavy (non-hydrogen) atoms. The zero-order chi connectivity index (χ0) is 113. The smallest absolute Gasteiger partial charge is 0.263 e. The molecule has 3 N–H and O–H groups in total. The van der Waals surface area contributed by atoms with Crippen molar-refractivity contribution in [3.63, 3.8) is 0 Å². The molecule has 0 aliphatic carbocycles. The van der Waals surface area contributed by atoms with Gasteiger partial charge in [-0.2, -0.15) is 0 Å². The normalized spacial score (nSPS) is 11.0. The van der Waals surface area contributed by atoms with Gasteiger partial charge in [0.25, 0.3) is 6.43 Å². The predicted octanol–water partition coefficient (Wildman–Crippen LogP) is 34.4. The van der Waals surface area contributed by atoms with Gasteiger partial charge in [-0.25, -0.2) is 58.6 Å². The van der Waals surface area contributed by atoms with E-state index in [-0.39, 0.29) is 11.0 Å². The van der Waals surface area contributed by atoms with Crippen LogP contribution in [0.3, 0.4) is 0 Å². The van der Waals surface area contributed by atoms with E-state index in [9.17, 15) is 8.78 Å². The average molecular weight is 2070 g/mol. The predicted molar refractivity (Wildman–Crippen MR) is 634 cm³/mol. The molecule has 0 saturated carbocycles. The van der Waals surface area contributed by atoms with Crippen LogP contribution >= 0.6 is 0 Å². The van der Waals surface area contributed by atoms with Crippen molar-refractivity contribution in [2.75, 3.05) is 85.4 Å². The quantitative estimate of drug-likeness (QED) is 0.0324. The molecule has 0 amide bonds. The molecular formula is C126H201F2N17O5. The number of halogens is 2. The standard InChI is InChI=1S/2C13H21NO.C12H20N2O.3C12H20N2.C11H18N2O.2C11H18N2.C10H12F2.C9H13NO/c1-10(2)7-8-15-13-6-5-12(9-14-13)11(3)4;1-5-12(6-2)15-13-8-7-11(9-14-13)10(3)4;1-9(2)10-6-13-7-11(14-10)15-8-12(3,4)5;1-9(2)7-13-12-6-5-11(8-14-12)10(3)4;1-5-14(6-2)12-8-7-11(9-13-12)10(3)4;1-5-14(6-2)12-9-7-8-11(13-12)10(3)4;1-8(2)7-14-11-6-12-5-10(13-11)9(3)4;1-8(2)10-5-6-11(12-7-10)13-9(3)4;1-8(2)10-6-5-7-11(13-10)12-9(3)4;1-7(2)8-4-3-5-9(6-8)10(11)12;1-7(2)8-4-5-9(11-3)10-6-8/h5-6,9-11H,7-8H2,1-4H3;7-10,12H,5-6H2,1-4H3;6-7,9H,8H2,1-5H3;5-6,8-10H,7H2,1-4H3,(H,13,14);2*7-10H,5-6H2,1-4H3;5-6,8-9H,7H2,1-4H3;2*5-9H,1-4H3,(H,12,13);3-7,10H,1-2H3;4-7H,1-3H3. The lowest BCUT2D eigenvalue weighted by atomic mass is 9.99. The van der Waals surface area contributed by atoms with E-state index in [4.69, 9.17) is 23.7 Å². The van der Waals surface area contributed by atoms with Crippen molar-refractivity contribution in [1.82, 2.24) is 59.8 Å².